The largest absolute Gasteiger partial charge is 0.457 e. The van der Waals surface area contributed by atoms with Gasteiger partial charge in [-0.3, -0.25) is 10.0 Å². The van der Waals surface area contributed by atoms with Gasteiger partial charge in [0, 0.05) is 5.56 Å². The highest BCUT2D eigenvalue weighted by atomic mass is 16.5. The molecule has 0 bridgehead atoms. The van der Waals surface area contributed by atoms with Gasteiger partial charge in [0.15, 0.2) is 0 Å². The molecule has 4 heteroatoms. The van der Waals surface area contributed by atoms with Crippen LogP contribution in [-0.2, 0) is 0 Å². The lowest BCUT2D eigenvalue weighted by Gasteiger charge is -2.07. The Bertz CT molecular complexity index is 601. The Morgan fingerprint density at radius 2 is 1.55 bits per heavy atom. The molecule has 2 N–H and O–H groups in total. The highest BCUT2D eigenvalue weighted by molar-refractivity contribution is 5.93. The summed E-state index contributed by atoms with van der Waals surface area (Å²) in [6.45, 7) is 0. The first kappa shape index (κ1) is 12.7. The summed E-state index contributed by atoms with van der Waals surface area (Å²) in [5.74, 6) is 1.62. The fourth-order valence-corrected chi connectivity index (χ4v) is 2.10. The van der Waals surface area contributed by atoms with Crippen molar-refractivity contribution in [2.45, 2.75) is 18.8 Å². The number of carbonyl (C=O) groups excluding carboxylic acids is 1. The van der Waals surface area contributed by atoms with Crippen LogP contribution in [0.5, 0.6) is 11.5 Å². The monoisotopic (exact) mass is 269 g/mol. The Morgan fingerprint density at radius 1 is 1.00 bits per heavy atom. The van der Waals surface area contributed by atoms with Crippen LogP contribution in [0.15, 0.2) is 48.5 Å². The lowest BCUT2D eigenvalue weighted by molar-refractivity contribution is 0.0706. The van der Waals surface area contributed by atoms with Crippen LogP contribution in [0.4, 0.5) is 0 Å². The maximum atomic E-state index is 11.2. The number of hydrogen-bond donors (Lipinski definition) is 2. The summed E-state index contributed by atoms with van der Waals surface area (Å²) in [6.07, 6.45) is 2.57. The first-order valence-corrected chi connectivity index (χ1v) is 6.58. The number of carbonyl (C=O) groups is 1. The van der Waals surface area contributed by atoms with Gasteiger partial charge in [-0.05, 0) is 60.7 Å². The van der Waals surface area contributed by atoms with Gasteiger partial charge in [-0.25, -0.2) is 5.48 Å². The number of benzene rings is 2. The van der Waals surface area contributed by atoms with E-state index in [1.54, 1.807) is 29.7 Å². The van der Waals surface area contributed by atoms with Crippen LogP contribution in [0.25, 0.3) is 0 Å². The lowest BCUT2D eigenvalue weighted by atomic mass is 10.1. The number of amides is 1. The third kappa shape index (κ3) is 2.81. The van der Waals surface area contributed by atoms with Crippen LogP contribution in [0.1, 0.15) is 34.7 Å². The second-order valence-electron chi connectivity index (χ2n) is 4.91. The summed E-state index contributed by atoms with van der Waals surface area (Å²) in [7, 11) is 0. The Balaban J connectivity index is 1.68. The third-order valence-electron chi connectivity index (χ3n) is 3.38. The molecule has 0 aromatic heterocycles. The summed E-state index contributed by atoms with van der Waals surface area (Å²) in [6, 6.07) is 14.7. The minimum Gasteiger partial charge on any atom is -0.457 e. The van der Waals surface area contributed by atoms with Crippen LogP contribution >= 0.6 is 0 Å². The standard InChI is InChI=1S/C16H15NO3/c18-16(17-19)13-5-9-15(10-6-13)20-14-7-3-12(4-8-14)11-1-2-11/h3-11,19H,1-2H2,(H,17,18). The molecule has 1 amide bonds. The molecule has 2 aromatic carbocycles. The summed E-state index contributed by atoms with van der Waals surface area (Å²) < 4.78 is 5.71. The normalized spacial score (nSPS) is 13.8. The Morgan fingerprint density at radius 3 is 2.05 bits per heavy atom. The van der Waals surface area contributed by atoms with Crippen LogP contribution in [-0.4, -0.2) is 11.1 Å². The molecular formula is C16H15NO3. The SMILES string of the molecule is O=C(NO)c1ccc(Oc2ccc(C3CC3)cc2)cc1. The van der Waals surface area contributed by atoms with Gasteiger partial charge in [-0.1, -0.05) is 12.1 Å². The van der Waals surface area contributed by atoms with Crippen LogP contribution in [0.2, 0.25) is 0 Å². The molecule has 0 atom stereocenters. The molecule has 0 heterocycles. The van der Waals surface area contributed by atoms with Crippen molar-refractivity contribution < 1.29 is 14.7 Å². The molecule has 1 saturated carbocycles. The van der Waals surface area contributed by atoms with Crippen LogP contribution in [0, 0.1) is 0 Å². The van der Waals surface area contributed by atoms with Crippen LogP contribution < -0.4 is 10.2 Å². The van der Waals surface area contributed by atoms with Gasteiger partial charge in [0.25, 0.3) is 5.91 Å². The van der Waals surface area contributed by atoms with E-state index in [-0.39, 0.29) is 0 Å². The van der Waals surface area contributed by atoms with Gasteiger partial charge in [-0.2, -0.15) is 0 Å². The molecular weight excluding hydrogens is 254 g/mol. The molecule has 1 fully saturated rings. The maximum absolute atomic E-state index is 11.2. The zero-order valence-electron chi connectivity index (χ0n) is 10.9. The number of hydroxylamine groups is 1. The fourth-order valence-electron chi connectivity index (χ4n) is 2.10. The highest BCUT2D eigenvalue weighted by Crippen LogP contribution is 2.40. The van der Waals surface area contributed by atoms with E-state index in [2.05, 4.69) is 12.1 Å². The topological polar surface area (TPSA) is 58.6 Å². The van der Waals surface area contributed by atoms with E-state index in [0.29, 0.717) is 11.3 Å². The number of rotatable bonds is 4. The average molecular weight is 269 g/mol. The predicted molar refractivity (Wildman–Crippen MR) is 74.2 cm³/mol. The van der Waals surface area contributed by atoms with Crippen molar-refractivity contribution in [1.29, 1.82) is 0 Å². The third-order valence-corrected chi connectivity index (χ3v) is 3.38. The number of nitrogens with one attached hydrogen (secondary N) is 1. The smallest absolute Gasteiger partial charge is 0.274 e. The van der Waals surface area contributed by atoms with Crippen molar-refractivity contribution in [1.82, 2.24) is 5.48 Å². The molecule has 0 aliphatic heterocycles. The zero-order chi connectivity index (χ0) is 13.9. The number of ether oxygens (including phenoxy) is 1. The van der Waals surface area contributed by atoms with E-state index in [4.69, 9.17) is 9.94 Å². The molecule has 0 unspecified atom stereocenters. The molecule has 1 aliphatic carbocycles. The van der Waals surface area contributed by atoms with E-state index in [0.717, 1.165) is 11.7 Å². The quantitative estimate of drug-likeness (QED) is 0.660. The second-order valence-corrected chi connectivity index (χ2v) is 4.91. The minimum atomic E-state index is -0.537. The van der Waals surface area contributed by atoms with Gasteiger partial charge < -0.3 is 4.74 Å². The van der Waals surface area contributed by atoms with Crippen molar-refractivity contribution in [2.75, 3.05) is 0 Å². The Labute approximate surface area is 117 Å². The highest BCUT2D eigenvalue weighted by Gasteiger charge is 2.22. The van der Waals surface area contributed by atoms with E-state index in [1.807, 2.05) is 12.1 Å². The van der Waals surface area contributed by atoms with Gasteiger partial charge in [0.2, 0.25) is 0 Å². The predicted octanol–water partition coefficient (Wildman–Crippen LogP) is 3.48. The molecule has 20 heavy (non-hydrogen) atoms. The molecule has 4 nitrogen and oxygen atoms in total. The van der Waals surface area contributed by atoms with Gasteiger partial charge >= 0.3 is 0 Å². The minimum absolute atomic E-state index is 0.379. The van der Waals surface area contributed by atoms with Crippen molar-refractivity contribution in [2.24, 2.45) is 0 Å². The summed E-state index contributed by atoms with van der Waals surface area (Å²) in [4.78, 5) is 11.2. The summed E-state index contributed by atoms with van der Waals surface area (Å²) in [5.41, 5.74) is 3.34. The second kappa shape index (κ2) is 5.35. The summed E-state index contributed by atoms with van der Waals surface area (Å²) >= 11 is 0. The van der Waals surface area contributed by atoms with Gasteiger partial charge in [0.05, 0.1) is 0 Å². The van der Waals surface area contributed by atoms with Crippen LogP contribution in [0.3, 0.4) is 0 Å². The average Bonchev–Trinajstić information content (AvgIpc) is 3.33. The van der Waals surface area contributed by atoms with Crippen molar-refractivity contribution in [3.63, 3.8) is 0 Å². The molecule has 0 spiro atoms. The molecule has 0 radical (unpaired) electrons. The Hall–Kier alpha value is -2.33. The van der Waals surface area contributed by atoms with Gasteiger partial charge in [0.1, 0.15) is 11.5 Å². The molecule has 102 valence electrons. The fraction of sp³-hybridized carbons (Fsp3) is 0.188. The van der Waals surface area contributed by atoms with E-state index >= 15 is 0 Å². The molecule has 2 aromatic rings. The van der Waals surface area contributed by atoms with E-state index < -0.39 is 5.91 Å². The van der Waals surface area contributed by atoms with E-state index in [1.165, 1.54) is 18.4 Å². The van der Waals surface area contributed by atoms with Crippen molar-refractivity contribution in [3.8, 4) is 11.5 Å². The molecule has 3 rings (SSSR count). The van der Waals surface area contributed by atoms with Crippen molar-refractivity contribution in [3.05, 3.63) is 59.7 Å². The van der Waals surface area contributed by atoms with Gasteiger partial charge in [-0.15, -0.1) is 0 Å². The first-order chi connectivity index (χ1) is 9.76. The Kier molecular flexibility index (Phi) is 3.39. The maximum Gasteiger partial charge on any atom is 0.274 e. The van der Waals surface area contributed by atoms with Crippen molar-refractivity contribution >= 4 is 5.91 Å². The molecule has 1 aliphatic rings. The summed E-state index contributed by atoms with van der Waals surface area (Å²) in [5, 5.41) is 8.54. The lowest BCUT2D eigenvalue weighted by Crippen LogP contribution is -2.18. The molecule has 0 saturated heterocycles. The zero-order valence-corrected chi connectivity index (χ0v) is 10.9. The number of hydrogen-bond acceptors (Lipinski definition) is 3. The first-order valence-electron chi connectivity index (χ1n) is 6.58. The van der Waals surface area contributed by atoms with E-state index in [9.17, 15) is 4.79 Å².